The van der Waals surface area contributed by atoms with E-state index in [1.807, 2.05) is 6.92 Å². The number of carbonyl (C=O) groups is 2. The first-order valence-corrected chi connectivity index (χ1v) is 10.2. The van der Waals surface area contributed by atoms with Crippen LogP contribution in [0.3, 0.4) is 0 Å². The van der Waals surface area contributed by atoms with Crippen molar-refractivity contribution < 1.29 is 27.5 Å². The lowest BCUT2D eigenvalue weighted by molar-refractivity contribution is -0.120. The number of halogens is 3. The summed E-state index contributed by atoms with van der Waals surface area (Å²) in [5.74, 6) is -3.52. The van der Waals surface area contributed by atoms with Crippen molar-refractivity contribution in [1.29, 1.82) is 0 Å². The molecule has 0 saturated carbocycles. The summed E-state index contributed by atoms with van der Waals surface area (Å²) in [6.45, 7) is 2.47. The first-order chi connectivity index (χ1) is 15.9. The molecule has 1 N–H and O–H groups in total. The first-order valence-electron chi connectivity index (χ1n) is 10.2. The molecule has 168 valence electrons. The Kier molecular flexibility index (Phi) is 6.17. The molecule has 8 heteroatoms. The van der Waals surface area contributed by atoms with Crippen LogP contribution >= 0.6 is 0 Å². The van der Waals surface area contributed by atoms with E-state index in [4.69, 9.17) is 4.74 Å². The van der Waals surface area contributed by atoms with Gasteiger partial charge in [-0.1, -0.05) is 25.1 Å². The number of benzene rings is 3. The summed E-state index contributed by atoms with van der Waals surface area (Å²) in [6.07, 6.45) is 0.808. The van der Waals surface area contributed by atoms with E-state index >= 15 is 0 Å². The molecule has 0 fully saturated rings. The van der Waals surface area contributed by atoms with Crippen molar-refractivity contribution in [3.63, 3.8) is 0 Å². The molecular formula is C25H19F3N2O3. The van der Waals surface area contributed by atoms with Crippen LogP contribution < -0.4 is 15.0 Å². The molecule has 2 amide bonds. The molecule has 0 radical (unpaired) electrons. The van der Waals surface area contributed by atoms with Gasteiger partial charge < -0.3 is 10.1 Å². The van der Waals surface area contributed by atoms with Crippen molar-refractivity contribution >= 4 is 28.8 Å². The number of hydrogen-bond acceptors (Lipinski definition) is 4. The van der Waals surface area contributed by atoms with Crippen molar-refractivity contribution in [1.82, 2.24) is 0 Å². The van der Waals surface area contributed by atoms with Gasteiger partial charge in [0.1, 0.15) is 28.9 Å². The lowest BCUT2D eigenvalue weighted by atomic mass is 10.0. The Morgan fingerprint density at radius 3 is 2.30 bits per heavy atom. The molecule has 0 aliphatic carbocycles. The van der Waals surface area contributed by atoms with Crippen LogP contribution in [0.2, 0.25) is 0 Å². The van der Waals surface area contributed by atoms with Gasteiger partial charge in [-0.05, 0) is 48.4 Å². The van der Waals surface area contributed by atoms with Gasteiger partial charge in [0.15, 0.2) is 0 Å². The quantitative estimate of drug-likeness (QED) is 0.495. The standard InChI is InChI=1S/C25H19F3N2O3/c1-2-12-33-19-5-3-4-18(14-19)29-23-22(15-6-8-16(26)9-7-15)24(31)30(25(23)32)21-11-10-17(27)13-20(21)28/h3-11,13-14,29H,2,12H2,1H3. The monoisotopic (exact) mass is 452 g/mol. The molecule has 0 saturated heterocycles. The molecule has 4 rings (SSSR count). The molecule has 0 atom stereocenters. The third kappa shape index (κ3) is 4.45. The third-order valence-electron chi connectivity index (χ3n) is 4.94. The second kappa shape index (κ2) is 9.20. The lowest BCUT2D eigenvalue weighted by Crippen LogP contribution is -2.33. The summed E-state index contributed by atoms with van der Waals surface area (Å²) < 4.78 is 46.9. The topological polar surface area (TPSA) is 58.6 Å². The summed E-state index contributed by atoms with van der Waals surface area (Å²) >= 11 is 0. The van der Waals surface area contributed by atoms with Crippen molar-refractivity contribution in [2.24, 2.45) is 0 Å². The molecule has 0 spiro atoms. The highest BCUT2D eigenvalue weighted by Crippen LogP contribution is 2.35. The van der Waals surface area contributed by atoms with Gasteiger partial charge in [0, 0.05) is 17.8 Å². The predicted octanol–water partition coefficient (Wildman–Crippen LogP) is 5.29. The molecular weight excluding hydrogens is 433 g/mol. The maximum atomic E-state index is 14.5. The van der Waals surface area contributed by atoms with Gasteiger partial charge >= 0.3 is 0 Å². The fourth-order valence-electron chi connectivity index (χ4n) is 3.44. The minimum atomic E-state index is -1.06. The number of nitrogens with zero attached hydrogens (tertiary/aromatic N) is 1. The minimum absolute atomic E-state index is 0.0661. The van der Waals surface area contributed by atoms with E-state index < -0.39 is 29.3 Å². The SMILES string of the molecule is CCCOc1cccc(NC2=C(c3ccc(F)cc3)C(=O)N(c3ccc(F)cc3F)C2=O)c1. The zero-order valence-corrected chi connectivity index (χ0v) is 17.6. The van der Waals surface area contributed by atoms with Gasteiger partial charge in [0.25, 0.3) is 11.8 Å². The van der Waals surface area contributed by atoms with Gasteiger partial charge in [-0.25, -0.2) is 18.1 Å². The number of imide groups is 1. The number of ether oxygens (including phenoxy) is 1. The third-order valence-corrected chi connectivity index (χ3v) is 4.94. The molecule has 1 aliphatic rings. The van der Waals surface area contributed by atoms with Crippen LogP contribution in [-0.4, -0.2) is 18.4 Å². The van der Waals surface area contributed by atoms with Crippen molar-refractivity contribution in [2.45, 2.75) is 13.3 Å². The molecule has 33 heavy (non-hydrogen) atoms. The number of anilines is 2. The summed E-state index contributed by atoms with van der Waals surface area (Å²) in [5, 5.41) is 2.93. The number of carbonyl (C=O) groups excluding carboxylic acids is 2. The van der Waals surface area contributed by atoms with Gasteiger partial charge in [-0.3, -0.25) is 9.59 Å². The van der Waals surface area contributed by atoms with Gasteiger partial charge in [0.2, 0.25) is 0 Å². The molecule has 0 aromatic heterocycles. The summed E-state index contributed by atoms with van der Waals surface area (Å²) in [5.41, 5.74) is 0.149. The molecule has 0 unspecified atom stereocenters. The summed E-state index contributed by atoms with van der Waals surface area (Å²) in [7, 11) is 0. The first kappa shape index (κ1) is 22.1. The average molecular weight is 452 g/mol. The van der Waals surface area contributed by atoms with E-state index in [0.717, 1.165) is 30.7 Å². The highest BCUT2D eigenvalue weighted by atomic mass is 19.1. The Labute approximate surface area is 188 Å². The van der Waals surface area contributed by atoms with Crippen LogP contribution in [0.15, 0.2) is 72.4 Å². The second-order valence-electron chi connectivity index (χ2n) is 7.30. The number of amides is 2. The maximum absolute atomic E-state index is 14.5. The maximum Gasteiger partial charge on any atom is 0.282 e. The van der Waals surface area contributed by atoms with Crippen molar-refractivity contribution in [3.8, 4) is 5.75 Å². The largest absolute Gasteiger partial charge is 0.494 e. The predicted molar refractivity (Wildman–Crippen MR) is 118 cm³/mol. The highest BCUT2D eigenvalue weighted by Gasteiger charge is 2.41. The second-order valence-corrected chi connectivity index (χ2v) is 7.30. The molecule has 5 nitrogen and oxygen atoms in total. The Balaban J connectivity index is 1.78. The van der Waals surface area contributed by atoms with Crippen LogP contribution in [0.1, 0.15) is 18.9 Å². The normalized spacial score (nSPS) is 13.6. The number of rotatable bonds is 7. The van der Waals surface area contributed by atoms with E-state index in [0.29, 0.717) is 29.0 Å². The van der Waals surface area contributed by atoms with E-state index in [9.17, 15) is 22.8 Å². The van der Waals surface area contributed by atoms with E-state index in [1.54, 1.807) is 24.3 Å². The Morgan fingerprint density at radius 1 is 0.879 bits per heavy atom. The Bertz CT molecular complexity index is 1260. The highest BCUT2D eigenvalue weighted by molar-refractivity contribution is 6.46. The van der Waals surface area contributed by atoms with Crippen LogP contribution in [0.5, 0.6) is 5.75 Å². The molecule has 3 aromatic rings. The van der Waals surface area contributed by atoms with Crippen LogP contribution in [0, 0.1) is 17.5 Å². The zero-order chi connectivity index (χ0) is 23.5. The number of hydrogen-bond donors (Lipinski definition) is 1. The average Bonchev–Trinajstić information content (AvgIpc) is 3.03. The molecule has 0 bridgehead atoms. The van der Waals surface area contributed by atoms with E-state index in [1.165, 1.54) is 12.1 Å². The Morgan fingerprint density at radius 2 is 1.61 bits per heavy atom. The summed E-state index contributed by atoms with van der Waals surface area (Å²) in [6, 6.07) is 14.4. The number of nitrogens with one attached hydrogen (secondary N) is 1. The molecule has 1 aliphatic heterocycles. The lowest BCUT2D eigenvalue weighted by Gasteiger charge is -2.16. The molecule has 1 heterocycles. The Hall–Kier alpha value is -4.07. The van der Waals surface area contributed by atoms with Crippen molar-refractivity contribution in [2.75, 3.05) is 16.8 Å². The summed E-state index contributed by atoms with van der Waals surface area (Å²) in [4.78, 5) is 27.2. The fraction of sp³-hybridized carbons (Fsp3) is 0.120. The minimum Gasteiger partial charge on any atom is -0.494 e. The van der Waals surface area contributed by atoms with Crippen LogP contribution in [-0.2, 0) is 9.59 Å². The van der Waals surface area contributed by atoms with E-state index in [2.05, 4.69) is 5.32 Å². The van der Waals surface area contributed by atoms with Crippen LogP contribution in [0.25, 0.3) is 5.57 Å². The van der Waals surface area contributed by atoms with Gasteiger partial charge in [-0.2, -0.15) is 0 Å². The van der Waals surface area contributed by atoms with E-state index in [-0.39, 0.29) is 22.5 Å². The van der Waals surface area contributed by atoms with Gasteiger partial charge in [0.05, 0.1) is 17.9 Å². The smallest absolute Gasteiger partial charge is 0.282 e. The van der Waals surface area contributed by atoms with Crippen molar-refractivity contribution in [3.05, 3.63) is 95.4 Å². The van der Waals surface area contributed by atoms with Gasteiger partial charge in [-0.15, -0.1) is 0 Å². The fourth-order valence-corrected chi connectivity index (χ4v) is 3.44. The van der Waals surface area contributed by atoms with Crippen LogP contribution in [0.4, 0.5) is 24.5 Å². The molecule has 3 aromatic carbocycles. The zero-order valence-electron chi connectivity index (χ0n) is 17.6.